The lowest BCUT2D eigenvalue weighted by atomic mass is 10.2. The van der Waals surface area contributed by atoms with Gasteiger partial charge in [0.15, 0.2) is 5.17 Å². The molecule has 0 aromatic heterocycles. The maximum absolute atomic E-state index is 12.8. The number of amidine groups is 1. The number of rotatable bonds is 5. The zero-order valence-corrected chi connectivity index (χ0v) is 18.0. The molecule has 9 heteroatoms. The van der Waals surface area contributed by atoms with E-state index in [1.807, 2.05) is 6.92 Å². The second kappa shape index (κ2) is 9.77. The molecule has 0 saturated carbocycles. The molecule has 1 unspecified atom stereocenters. The van der Waals surface area contributed by atoms with Crippen LogP contribution in [-0.4, -0.2) is 46.8 Å². The Labute approximate surface area is 183 Å². The first kappa shape index (κ1) is 21.9. The van der Waals surface area contributed by atoms with E-state index in [1.165, 1.54) is 18.9 Å². The Kier molecular flexibility index (Phi) is 7.12. The molecule has 30 heavy (non-hydrogen) atoms. The molecule has 0 radical (unpaired) electrons. The number of halogens is 1. The number of nitrogens with one attached hydrogen (secondary N) is 1. The monoisotopic (exact) mass is 445 g/mol. The van der Waals surface area contributed by atoms with Gasteiger partial charge in [-0.2, -0.15) is 0 Å². The number of amides is 2. The van der Waals surface area contributed by atoms with Gasteiger partial charge in [-0.05, 0) is 49.4 Å². The molecule has 0 aliphatic carbocycles. The lowest BCUT2D eigenvalue weighted by Crippen LogP contribution is -2.45. The van der Waals surface area contributed by atoms with Crippen molar-refractivity contribution < 1.29 is 19.1 Å². The summed E-state index contributed by atoms with van der Waals surface area (Å²) in [5.74, 6) is -0.935. The molecule has 1 N–H and O–H groups in total. The summed E-state index contributed by atoms with van der Waals surface area (Å²) in [7, 11) is 1.30. The van der Waals surface area contributed by atoms with Gasteiger partial charge in [-0.3, -0.25) is 14.5 Å². The van der Waals surface area contributed by atoms with Crippen LogP contribution in [0.3, 0.4) is 0 Å². The SMILES string of the molecule is CCN1C(=O)CC(C(=O)Nc2ccc(C(=O)OC)cc2)SC1=Nc1cccc(Cl)c1. The third-order valence-corrected chi connectivity index (χ3v) is 5.78. The lowest BCUT2D eigenvalue weighted by molar-refractivity contribution is -0.129. The molecule has 3 rings (SSSR count). The van der Waals surface area contributed by atoms with Crippen molar-refractivity contribution in [2.75, 3.05) is 19.0 Å². The molecular formula is C21H20ClN3O4S. The lowest BCUT2D eigenvalue weighted by Gasteiger charge is -2.30. The molecule has 1 heterocycles. The van der Waals surface area contributed by atoms with Crippen molar-refractivity contribution in [3.05, 3.63) is 59.1 Å². The highest BCUT2D eigenvalue weighted by molar-refractivity contribution is 8.15. The zero-order chi connectivity index (χ0) is 21.7. The molecule has 1 atom stereocenters. The van der Waals surface area contributed by atoms with Crippen molar-refractivity contribution in [1.29, 1.82) is 0 Å². The van der Waals surface area contributed by atoms with Gasteiger partial charge in [0.1, 0.15) is 5.25 Å². The number of methoxy groups -OCH3 is 1. The average molecular weight is 446 g/mol. The fourth-order valence-electron chi connectivity index (χ4n) is 2.84. The summed E-state index contributed by atoms with van der Waals surface area (Å²) >= 11 is 7.25. The van der Waals surface area contributed by atoms with Crippen LogP contribution >= 0.6 is 23.4 Å². The van der Waals surface area contributed by atoms with Gasteiger partial charge in [-0.25, -0.2) is 9.79 Å². The van der Waals surface area contributed by atoms with E-state index in [2.05, 4.69) is 15.0 Å². The molecule has 2 aromatic carbocycles. The second-order valence-corrected chi connectivity index (χ2v) is 7.99. The van der Waals surface area contributed by atoms with Gasteiger partial charge in [0, 0.05) is 23.7 Å². The Balaban J connectivity index is 1.76. The number of anilines is 1. The van der Waals surface area contributed by atoms with E-state index in [0.717, 1.165) is 0 Å². The van der Waals surface area contributed by atoms with Crippen molar-refractivity contribution in [2.24, 2.45) is 4.99 Å². The van der Waals surface area contributed by atoms with E-state index in [1.54, 1.807) is 53.4 Å². The van der Waals surface area contributed by atoms with Crippen LogP contribution in [0.5, 0.6) is 0 Å². The molecule has 1 aliphatic rings. The van der Waals surface area contributed by atoms with Crippen LogP contribution in [-0.2, 0) is 14.3 Å². The maximum Gasteiger partial charge on any atom is 0.337 e. The molecular weight excluding hydrogens is 426 g/mol. The van der Waals surface area contributed by atoms with Crippen LogP contribution in [0.1, 0.15) is 23.7 Å². The number of hydrogen-bond acceptors (Lipinski definition) is 6. The van der Waals surface area contributed by atoms with Gasteiger partial charge in [0.05, 0.1) is 18.4 Å². The van der Waals surface area contributed by atoms with Crippen molar-refractivity contribution in [2.45, 2.75) is 18.6 Å². The summed E-state index contributed by atoms with van der Waals surface area (Å²) in [4.78, 5) is 43.0. The highest BCUT2D eigenvalue weighted by atomic mass is 35.5. The van der Waals surface area contributed by atoms with E-state index < -0.39 is 11.2 Å². The summed E-state index contributed by atoms with van der Waals surface area (Å²) in [5.41, 5.74) is 1.51. The number of ether oxygens (including phenoxy) is 1. The van der Waals surface area contributed by atoms with Crippen molar-refractivity contribution in [1.82, 2.24) is 4.90 Å². The Morgan fingerprint density at radius 3 is 2.63 bits per heavy atom. The van der Waals surface area contributed by atoms with E-state index in [9.17, 15) is 14.4 Å². The van der Waals surface area contributed by atoms with E-state index >= 15 is 0 Å². The first-order valence-corrected chi connectivity index (χ1v) is 10.5. The number of esters is 1. The first-order valence-electron chi connectivity index (χ1n) is 9.21. The standard InChI is InChI=1S/C21H20ClN3O4S/c1-3-25-18(26)12-17(30-21(25)24-16-6-4-5-14(22)11-16)19(27)23-15-9-7-13(8-10-15)20(28)29-2/h4-11,17H,3,12H2,1-2H3,(H,23,27). The van der Waals surface area contributed by atoms with Gasteiger partial charge in [0.2, 0.25) is 11.8 Å². The summed E-state index contributed by atoms with van der Waals surface area (Å²) < 4.78 is 4.66. The minimum atomic E-state index is -0.626. The second-order valence-electron chi connectivity index (χ2n) is 6.38. The fraction of sp³-hybridized carbons (Fsp3) is 0.238. The van der Waals surface area contributed by atoms with Gasteiger partial charge in [0.25, 0.3) is 0 Å². The number of aliphatic imine (C=N–C) groups is 1. The predicted octanol–water partition coefficient (Wildman–Crippen LogP) is 4.11. The number of carbonyl (C=O) groups excluding carboxylic acids is 3. The Morgan fingerprint density at radius 1 is 1.27 bits per heavy atom. The van der Waals surface area contributed by atoms with E-state index in [0.29, 0.717) is 33.7 Å². The number of benzene rings is 2. The van der Waals surface area contributed by atoms with E-state index in [4.69, 9.17) is 11.6 Å². The van der Waals surface area contributed by atoms with Gasteiger partial charge >= 0.3 is 5.97 Å². The third-order valence-electron chi connectivity index (χ3n) is 4.35. The van der Waals surface area contributed by atoms with Crippen molar-refractivity contribution in [3.8, 4) is 0 Å². The van der Waals surface area contributed by atoms with Crippen LogP contribution in [0, 0.1) is 0 Å². The summed E-state index contributed by atoms with van der Waals surface area (Å²) in [5, 5.41) is 3.15. The van der Waals surface area contributed by atoms with Crippen LogP contribution in [0.15, 0.2) is 53.5 Å². The molecule has 0 bridgehead atoms. The molecule has 1 fully saturated rings. The number of hydrogen-bond donors (Lipinski definition) is 1. The van der Waals surface area contributed by atoms with Gasteiger partial charge in [-0.1, -0.05) is 29.4 Å². The quantitative estimate of drug-likeness (QED) is 0.700. The summed E-state index contributed by atoms with van der Waals surface area (Å²) in [6.45, 7) is 2.31. The normalized spacial score (nSPS) is 17.7. The summed E-state index contributed by atoms with van der Waals surface area (Å²) in [6, 6.07) is 13.3. The molecule has 7 nitrogen and oxygen atoms in total. The van der Waals surface area contributed by atoms with Crippen LogP contribution in [0.4, 0.5) is 11.4 Å². The minimum Gasteiger partial charge on any atom is -0.465 e. The van der Waals surface area contributed by atoms with Gasteiger partial charge in [-0.15, -0.1) is 0 Å². The van der Waals surface area contributed by atoms with E-state index in [-0.39, 0.29) is 18.2 Å². The zero-order valence-electron chi connectivity index (χ0n) is 16.4. The Bertz CT molecular complexity index is 994. The van der Waals surface area contributed by atoms with Crippen LogP contribution in [0.2, 0.25) is 5.02 Å². The molecule has 1 aliphatic heterocycles. The van der Waals surface area contributed by atoms with Crippen LogP contribution in [0.25, 0.3) is 0 Å². The van der Waals surface area contributed by atoms with Crippen molar-refractivity contribution in [3.63, 3.8) is 0 Å². The summed E-state index contributed by atoms with van der Waals surface area (Å²) in [6.07, 6.45) is 0.0686. The average Bonchev–Trinajstić information content (AvgIpc) is 2.73. The fourth-order valence-corrected chi connectivity index (χ4v) is 4.19. The molecule has 156 valence electrons. The maximum atomic E-state index is 12.8. The van der Waals surface area contributed by atoms with Crippen molar-refractivity contribution >= 4 is 57.7 Å². The molecule has 0 spiro atoms. The number of nitrogens with zero attached hydrogens (tertiary/aromatic N) is 2. The Hall–Kier alpha value is -2.84. The highest BCUT2D eigenvalue weighted by Gasteiger charge is 2.35. The highest BCUT2D eigenvalue weighted by Crippen LogP contribution is 2.30. The van der Waals surface area contributed by atoms with Gasteiger partial charge < -0.3 is 10.1 Å². The predicted molar refractivity (Wildman–Crippen MR) is 118 cm³/mol. The van der Waals surface area contributed by atoms with Crippen LogP contribution < -0.4 is 5.32 Å². The third kappa shape index (κ3) is 5.20. The Morgan fingerprint density at radius 2 is 2.00 bits per heavy atom. The molecule has 1 saturated heterocycles. The number of carbonyl (C=O) groups is 3. The first-order chi connectivity index (χ1) is 14.4. The number of thioether (sulfide) groups is 1. The minimum absolute atomic E-state index is 0.0686. The molecule has 2 amide bonds. The molecule has 2 aromatic rings. The largest absolute Gasteiger partial charge is 0.465 e. The smallest absolute Gasteiger partial charge is 0.337 e. The topological polar surface area (TPSA) is 88.1 Å².